The van der Waals surface area contributed by atoms with Gasteiger partial charge in [0.1, 0.15) is 0 Å². The summed E-state index contributed by atoms with van der Waals surface area (Å²) in [5.74, 6) is -0.146. The number of fused-ring (bicyclic) bond motifs is 1. The summed E-state index contributed by atoms with van der Waals surface area (Å²) in [6.45, 7) is 4.05. The lowest BCUT2D eigenvalue weighted by Crippen LogP contribution is -2.47. The van der Waals surface area contributed by atoms with Crippen LogP contribution in [-0.2, 0) is 0 Å². The molecule has 0 N–H and O–H groups in total. The number of anilines is 2. The number of benzene rings is 4. The molecule has 0 unspecified atom stereocenters. The zero-order chi connectivity index (χ0) is 25.2. The van der Waals surface area contributed by atoms with Crippen molar-refractivity contribution in [3.8, 4) is 0 Å². The highest BCUT2D eigenvalue weighted by molar-refractivity contribution is 6.30. The number of aryl methyl sites for hydroxylation is 1. The number of rotatable bonds is 4. The van der Waals surface area contributed by atoms with Gasteiger partial charge in [0.05, 0.1) is 6.04 Å². The van der Waals surface area contributed by atoms with Crippen LogP contribution in [0.15, 0.2) is 103 Å². The molecule has 36 heavy (non-hydrogen) atoms. The number of carbonyl (C=O) groups excluding carboxylic acids is 2. The molecule has 0 fully saturated rings. The first-order valence-electron chi connectivity index (χ1n) is 12.1. The molecule has 0 aliphatic carbocycles. The predicted molar refractivity (Wildman–Crippen MR) is 146 cm³/mol. The Morgan fingerprint density at radius 3 is 2.11 bits per heavy atom. The van der Waals surface area contributed by atoms with E-state index in [1.807, 2.05) is 103 Å². The zero-order valence-electron chi connectivity index (χ0n) is 20.3. The van der Waals surface area contributed by atoms with Crippen molar-refractivity contribution < 1.29 is 9.59 Å². The molecular formula is C31H27ClN2O2. The Bertz CT molecular complexity index is 1380. The van der Waals surface area contributed by atoms with Gasteiger partial charge in [-0.1, -0.05) is 65.7 Å². The van der Waals surface area contributed by atoms with Crippen LogP contribution in [0.2, 0.25) is 5.02 Å². The number of nitrogens with zero attached hydrogens (tertiary/aromatic N) is 2. The van der Waals surface area contributed by atoms with Crippen LogP contribution in [-0.4, -0.2) is 17.9 Å². The Morgan fingerprint density at radius 2 is 1.42 bits per heavy atom. The number of para-hydroxylation sites is 2. The second-order valence-electron chi connectivity index (χ2n) is 9.22. The van der Waals surface area contributed by atoms with Crippen LogP contribution in [0, 0.1) is 6.92 Å². The van der Waals surface area contributed by atoms with Crippen LogP contribution in [0.3, 0.4) is 0 Å². The summed E-state index contributed by atoms with van der Waals surface area (Å²) >= 11 is 6.05. The van der Waals surface area contributed by atoms with E-state index < -0.39 is 0 Å². The van der Waals surface area contributed by atoms with E-state index in [0.29, 0.717) is 22.6 Å². The highest BCUT2D eigenvalue weighted by Gasteiger charge is 2.39. The van der Waals surface area contributed by atoms with Crippen LogP contribution in [0.1, 0.15) is 51.2 Å². The van der Waals surface area contributed by atoms with Gasteiger partial charge in [-0.15, -0.1) is 0 Å². The molecule has 1 aliphatic rings. The molecule has 5 rings (SSSR count). The first kappa shape index (κ1) is 23.8. The van der Waals surface area contributed by atoms with Gasteiger partial charge in [-0.05, 0) is 80.4 Å². The molecule has 2 amide bonds. The molecule has 0 aromatic heterocycles. The smallest absolute Gasteiger partial charge is 0.258 e. The quantitative estimate of drug-likeness (QED) is 0.295. The largest absolute Gasteiger partial charge is 0.305 e. The van der Waals surface area contributed by atoms with E-state index in [9.17, 15) is 9.59 Å². The summed E-state index contributed by atoms with van der Waals surface area (Å²) in [6.07, 6.45) is 0.600. The molecule has 2 atom stereocenters. The maximum atomic E-state index is 14.0. The van der Waals surface area contributed by atoms with E-state index in [1.54, 1.807) is 24.3 Å². The molecule has 4 nitrogen and oxygen atoms in total. The number of hydrogen-bond acceptors (Lipinski definition) is 2. The Morgan fingerprint density at radius 1 is 0.806 bits per heavy atom. The number of amides is 2. The van der Waals surface area contributed by atoms with Gasteiger partial charge in [0.25, 0.3) is 11.8 Å². The predicted octanol–water partition coefficient (Wildman–Crippen LogP) is 7.48. The van der Waals surface area contributed by atoms with Gasteiger partial charge in [0, 0.05) is 33.6 Å². The minimum atomic E-state index is -0.235. The molecule has 0 radical (unpaired) electrons. The average molecular weight is 495 g/mol. The fourth-order valence-electron chi connectivity index (χ4n) is 4.93. The lowest BCUT2D eigenvalue weighted by Gasteiger charge is -2.43. The van der Waals surface area contributed by atoms with Crippen molar-refractivity contribution in [1.82, 2.24) is 0 Å². The van der Waals surface area contributed by atoms with E-state index in [4.69, 9.17) is 11.6 Å². The van der Waals surface area contributed by atoms with Gasteiger partial charge in [-0.3, -0.25) is 9.59 Å². The van der Waals surface area contributed by atoms with Crippen molar-refractivity contribution >= 4 is 34.8 Å². The lowest BCUT2D eigenvalue weighted by atomic mass is 9.89. The molecule has 4 aromatic rings. The Balaban J connectivity index is 1.60. The van der Waals surface area contributed by atoms with Crippen LogP contribution in [0.25, 0.3) is 0 Å². The van der Waals surface area contributed by atoms with E-state index in [-0.39, 0.29) is 23.9 Å². The van der Waals surface area contributed by atoms with Crippen LogP contribution < -0.4 is 9.80 Å². The first-order chi connectivity index (χ1) is 17.4. The summed E-state index contributed by atoms with van der Waals surface area (Å²) in [7, 11) is 0. The Kier molecular flexibility index (Phi) is 6.62. The highest BCUT2D eigenvalue weighted by Crippen LogP contribution is 2.43. The average Bonchev–Trinajstić information content (AvgIpc) is 2.90. The maximum absolute atomic E-state index is 14.0. The second kappa shape index (κ2) is 10.00. The van der Waals surface area contributed by atoms with Crippen LogP contribution in [0.4, 0.5) is 11.4 Å². The van der Waals surface area contributed by atoms with E-state index in [0.717, 1.165) is 22.5 Å². The van der Waals surface area contributed by atoms with Crippen LogP contribution >= 0.6 is 11.6 Å². The Labute approximate surface area is 216 Å². The van der Waals surface area contributed by atoms with E-state index in [2.05, 4.69) is 0 Å². The van der Waals surface area contributed by atoms with Gasteiger partial charge in [0.15, 0.2) is 0 Å². The summed E-state index contributed by atoms with van der Waals surface area (Å²) in [4.78, 5) is 31.3. The van der Waals surface area contributed by atoms with Crippen molar-refractivity contribution in [2.75, 3.05) is 9.80 Å². The minimum absolute atomic E-state index is 0.0642. The number of carbonyl (C=O) groups is 2. The molecule has 0 spiro atoms. The molecule has 1 heterocycles. The number of hydrogen-bond donors (Lipinski definition) is 0. The highest BCUT2D eigenvalue weighted by atomic mass is 35.5. The molecule has 4 aromatic carbocycles. The molecule has 0 saturated carbocycles. The summed E-state index contributed by atoms with van der Waals surface area (Å²) in [5.41, 5.74) is 4.91. The maximum Gasteiger partial charge on any atom is 0.258 e. The topological polar surface area (TPSA) is 40.6 Å². The minimum Gasteiger partial charge on any atom is -0.305 e. The standard InChI is InChI=1S/C31H27ClN2O2/c1-21-12-14-23(15-13-21)31(36)34(26-8-4-3-5-9-26)29-20-22(2)33(28-11-7-6-10-27(28)29)30(35)24-16-18-25(32)19-17-24/h3-19,22,29H,20H2,1-2H3/t22-,29-/m0/s1. The first-order valence-corrected chi connectivity index (χ1v) is 12.4. The summed E-state index contributed by atoms with van der Waals surface area (Å²) in [6, 6.07) is 31.9. The third kappa shape index (κ3) is 4.52. The second-order valence-corrected chi connectivity index (χ2v) is 9.65. The van der Waals surface area contributed by atoms with Crippen molar-refractivity contribution in [2.45, 2.75) is 32.4 Å². The lowest BCUT2D eigenvalue weighted by molar-refractivity contribution is 0.0965. The third-order valence-electron chi connectivity index (χ3n) is 6.73. The number of halogens is 1. The SMILES string of the molecule is Cc1ccc(C(=O)N(c2ccccc2)[C@H]2C[C@H](C)N(C(=O)c3ccc(Cl)cc3)c3ccccc32)cc1. The summed E-state index contributed by atoms with van der Waals surface area (Å²) < 4.78 is 0. The summed E-state index contributed by atoms with van der Waals surface area (Å²) in [5, 5.41) is 0.590. The molecule has 180 valence electrons. The fraction of sp³-hybridized carbons (Fsp3) is 0.161. The zero-order valence-corrected chi connectivity index (χ0v) is 21.0. The molecule has 0 bridgehead atoms. The van der Waals surface area contributed by atoms with Crippen LogP contribution in [0.5, 0.6) is 0 Å². The normalized spacial score (nSPS) is 16.8. The van der Waals surface area contributed by atoms with Gasteiger partial charge in [-0.25, -0.2) is 0 Å². The van der Waals surface area contributed by atoms with Crippen molar-refractivity contribution in [3.63, 3.8) is 0 Å². The fourth-order valence-corrected chi connectivity index (χ4v) is 5.06. The molecular weight excluding hydrogens is 468 g/mol. The van der Waals surface area contributed by atoms with Gasteiger partial charge in [-0.2, -0.15) is 0 Å². The van der Waals surface area contributed by atoms with Gasteiger partial charge < -0.3 is 9.80 Å². The van der Waals surface area contributed by atoms with Crippen molar-refractivity contribution in [3.05, 3.63) is 130 Å². The molecule has 1 aliphatic heterocycles. The monoisotopic (exact) mass is 494 g/mol. The van der Waals surface area contributed by atoms with E-state index in [1.165, 1.54) is 0 Å². The van der Waals surface area contributed by atoms with Gasteiger partial charge >= 0.3 is 0 Å². The molecule has 5 heteroatoms. The van der Waals surface area contributed by atoms with Crippen molar-refractivity contribution in [2.24, 2.45) is 0 Å². The van der Waals surface area contributed by atoms with E-state index >= 15 is 0 Å². The Hall–Kier alpha value is -3.89. The van der Waals surface area contributed by atoms with Gasteiger partial charge in [0.2, 0.25) is 0 Å². The van der Waals surface area contributed by atoms with Crippen molar-refractivity contribution in [1.29, 1.82) is 0 Å². The molecule has 0 saturated heterocycles. The third-order valence-corrected chi connectivity index (χ3v) is 6.99.